The number of nitrogens with one attached hydrogen (secondary N) is 2. The van der Waals surface area contributed by atoms with Gasteiger partial charge in [0.2, 0.25) is 0 Å². The minimum Gasteiger partial charge on any atom is -0.462 e. The number of rotatable bonds is 6. The number of ether oxygens (including phenoxy) is 1. The van der Waals surface area contributed by atoms with E-state index < -0.39 is 11.9 Å². The van der Waals surface area contributed by atoms with Crippen molar-refractivity contribution in [3.63, 3.8) is 0 Å². The van der Waals surface area contributed by atoms with Gasteiger partial charge in [-0.2, -0.15) is 0 Å². The molecule has 1 heterocycles. The summed E-state index contributed by atoms with van der Waals surface area (Å²) >= 11 is 0. The summed E-state index contributed by atoms with van der Waals surface area (Å²) < 4.78 is 5.01. The second-order valence-electron chi connectivity index (χ2n) is 5.70. The van der Waals surface area contributed by atoms with E-state index >= 15 is 0 Å². The number of carbonyl (C=O) groups is 2. The quantitative estimate of drug-likeness (QED) is 0.784. The van der Waals surface area contributed by atoms with Gasteiger partial charge in [-0.3, -0.25) is 4.79 Å². The van der Waals surface area contributed by atoms with E-state index in [4.69, 9.17) is 4.74 Å². The van der Waals surface area contributed by atoms with Gasteiger partial charge in [0, 0.05) is 12.1 Å². The van der Waals surface area contributed by atoms with E-state index in [2.05, 4.69) is 20.6 Å². The summed E-state index contributed by atoms with van der Waals surface area (Å²) in [5.74, 6) is 0.147. The van der Waals surface area contributed by atoms with E-state index in [0.717, 1.165) is 0 Å². The van der Waals surface area contributed by atoms with Gasteiger partial charge in [0.15, 0.2) is 0 Å². The van der Waals surface area contributed by atoms with Crippen LogP contribution in [0.2, 0.25) is 0 Å². The lowest BCUT2D eigenvalue weighted by atomic mass is 10.1. The Morgan fingerprint density at radius 1 is 1.20 bits per heavy atom. The predicted molar refractivity (Wildman–Crippen MR) is 95.9 cm³/mol. The van der Waals surface area contributed by atoms with Crippen molar-refractivity contribution in [3.05, 3.63) is 47.4 Å². The number of amides is 1. The number of nitrogens with zero attached hydrogens (tertiary/aromatic N) is 2. The Morgan fingerprint density at radius 3 is 2.60 bits per heavy atom. The molecule has 0 saturated carbocycles. The van der Waals surface area contributed by atoms with Crippen molar-refractivity contribution in [2.24, 2.45) is 0 Å². The van der Waals surface area contributed by atoms with Gasteiger partial charge >= 0.3 is 5.97 Å². The number of carbonyl (C=O) groups excluding carboxylic acids is 2. The van der Waals surface area contributed by atoms with Gasteiger partial charge in [-0.15, -0.1) is 0 Å². The molecular weight excluding hydrogens is 320 g/mol. The zero-order valence-electron chi connectivity index (χ0n) is 14.8. The zero-order valence-corrected chi connectivity index (χ0v) is 14.8. The van der Waals surface area contributed by atoms with Crippen molar-refractivity contribution in [3.8, 4) is 0 Å². The molecule has 7 heteroatoms. The lowest BCUT2D eigenvalue weighted by Gasteiger charge is -2.12. The number of benzene rings is 1. The molecule has 7 nitrogen and oxygen atoms in total. The molecule has 0 unspecified atom stereocenters. The van der Waals surface area contributed by atoms with Crippen LogP contribution in [0.25, 0.3) is 0 Å². The molecule has 2 N–H and O–H groups in total. The summed E-state index contributed by atoms with van der Waals surface area (Å²) in [5, 5.41) is 5.86. The van der Waals surface area contributed by atoms with Crippen molar-refractivity contribution in [1.29, 1.82) is 0 Å². The van der Waals surface area contributed by atoms with Gasteiger partial charge in [-0.1, -0.05) is 12.1 Å². The molecule has 0 atom stereocenters. The van der Waals surface area contributed by atoms with Crippen LogP contribution in [0.5, 0.6) is 0 Å². The number of aryl methyl sites for hydroxylation is 1. The van der Waals surface area contributed by atoms with Gasteiger partial charge < -0.3 is 15.4 Å². The maximum absolute atomic E-state index is 12.6. The third kappa shape index (κ3) is 5.00. The molecular formula is C18H22N4O3. The van der Waals surface area contributed by atoms with Gasteiger partial charge in [0.05, 0.1) is 17.9 Å². The summed E-state index contributed by atoms with van der Waals surface area (Å²) in [7, 11) is 0. The topological polar surface area (TPSA) is 93.2 Å². The van der Waals surface area contributed by atoms with Crippen LogP contribution in [0.4, 0.5) is 11.5 Å². The van der Waals surface area contributed by atoms with Crippen LogP contribution in [0.1, 0.15) is 47.4 Å². The molecule has 1 aromatic heterocycles. The smallest absolute Gasteiger partial charge is 0.340 e. The first-order valence-corrected chi connectivity index (χ1v) is 8.10. The van der Waals surface area contributed by atoms with Crippen molar-refractivity contribution < 1.29 is 14.3 Å². The fourth-order valence-corrected chi connectivity index (χ4v) is 2.22. The number of esters is 1. The zero-order chi connectivity index (χ0) is 18.4. The van der Waals surface area contributed by atoms with E-state index in [1.54, 1.807) is 44.2 Å². The van der Waals surface area contributed by atoms with E-state index in [1.807, 2.05) is 13.8 Å². The fourth-order valence-electron chi connectivity index (χ4n) is 2.22. The number of aromatic nitrogens is 2. The molecule has 2 rings (SSSR count). The van der Waals surface area contributed by atoms with Crippen molar-refractivity contribution in [2.75, 3.05) is 17.2 Å². The summed E-state index contributed by atoms with van der Waals surface area (Å²) in [5.41, 5.74) is 0.888. The summed E-state index contributed by atoms with van der Waals surface area (Å²) in [6.45, 7) is 7.66. The Bertz CT molecular complexity index is 775. The minimum atomic E-state index is -0.487. The molecule has 132 valence electrons. The third-order valence-corrected chi connectivity index (χ3v) is 3.18. The minimum absolute atomic E-state index is 0.176. The Morgan fingerprint density at radius 2 is 1.92 bits per heavy atom. The predicted octanol–water partition coefficient (Wildman–Crippen LogP) is 3.03. The number of hydrogen-bond acceptors (Lipinski definition) is 6. The molecule has 0 fully saturated rings. The van der Waals surface area contributed by atoms with Crippen molar-refractivity contribution in [2.45, 2.75) is 33.7 Å². The summed E-state index contributed by atoms with van der Waals surface area (Å²) in [6, 6.07) is 8.44. The highest BCUT2D eigenvalue weighted by atomic mass is 16.5. The largest absolute Gasteiger partial charge is 0.462 e. The summed E-state index contributed by atoms with van der Waals surface area (Å²) in [4.78, 5) is 33.0. The standard InChI is InChI=1S/C18H22N4O3/c1-5-25-18(24)13-8-6-7-9-14(13)22-17(23)15-10-16(19-11(2)3)21-12(4)20-15/h6-11H,5H2,1-4H3,(H,22,23)(H,19,20,21). The average Bonchev–Trinajstić information content (AvgIpc) is 2.54. The van der Waals surface area contributed by atoms with E-state index in [9.17, 15) is 9.59 Å². The van der Waals surface area contributed by atoms with Crippen molar-refractivity contribution in [1.82, 2.24) is 9.97 Å². The number of para-hydroxylation sites is 1. The number of hydrogen-bond donors (Lipinski definition) is 2. The highest BCUT2D eigenvalue weighted by Crippen LogP contribution is 2.18. The maximum atomic E-state index is 12.6. The van der Waals surface area contributed by atoms with Crippen molar-refractivity contribution >= 4 is 23.4 Å². The van der Waals surface area contributed by atoms with Gasteiger partial charge in [-0.05, 0) is 39.8 Å². The molecule has 0 spiro atoms. The Labute approximate surface area is 146 Å². The molecule has 0 bridgehead atoms. The van der Waals surface area contributed by atoms with Crippen LogP contribution in [-0.4, -0.2) is 34.5 Å². The maximum Gasteiger partial charge on any atom is 0.340 e. The fraction of sp³-hybridized carbons (Fsp3) is 0.333. The van der Waals surface area contributed by atoms with E-state index in [1.165, 1.54) is 0 Å². The third-order valence-electron chi connectivity index (χ3n) is 3.18. The normalized spacial score (nSPS) is 10.4. The Kier molecular flexibility index (Phi) is 6.05. The Hall–Kier alpha value is -2.96. The first kappa shape index (κ1) is 18.4. The molecule has 0 aliphatic heterocycles. The van der Waals surface area contributed by atoms with Crippen LogP contribution in [-0.2, 0) is 4.74 Å². The monoisotopic (exact) mass is 342 g/mol. The molecule has 1 aromatic carbocycles. The van der Waals surface area contributed by atoms with E-state index in [0.29, 0.717) is 22.9 Å². The second-order valence-corrected chi connectivity index (χ2v) is 5.70. The molecule has 1 amide bonds. The van der Waals surface area contributed by atoms with Gasteiger partial charge in [0.25, 0.3) is 5.91 Å². The molecule has 25 heavy (non-hydrogen) atoms. The van der Waals surface area contributed by atoms with Gasteiger partial charge in [0.1, 0.15) is 17.3 Å². The number of anilines is 2. The highest BCUT2D eigenvalue weighted by molar-refractivity contribution is 6.07. The first-order chi connectivity index (χ1) is 11.9. The van der Waals surface area contributed by atoms with Crippen LogP contribution in [0.3, 0.4) is 0 Å². The molecule has 0 radical (unpaired) electrons. The van der Waals surface area contributed by atoms with Gasteiger partial charge in [-0.25, -0.2) is 14.8 Å². The van der Waals surface area contributed by atoms with Crippen LogP contribution < -0.4 is 10.6 Å². The van der Waals surface area contributed by atoms with E-state index in [-0.39, 0.29) is 18.3 Å². The lowest BCUT2D eigenvalue weighted by molar-refractivity contribution is 0.0527. The highest BCUT2D eigenvalue weighted by Gasteiger charge is 2.16. The molecule has 0 aliphatic rings. The molecule has 2 aromatic rings. The Balaban J connectivity index is 2.26. The second kappa shape index (κ2) is 8.23. The van der Waals surface area contributed by atoms with Crippen LogP contribution in [0, 0.1) is 6.92 Å². The summed E-state index contributed by atoms with van der Waals surface area (Å²) in [6.07, 6.45) is 0. The first-order valence-electron chi connectivity index (χ1n) is 8.10. The molecule has 0 aliphatic carbocycles. The lowest BCUT2D eigenvalue weighted by Crippen LogP contribution is -2.19. The SMILES string of the molecule is CCOC(=O)c1ccccc1NC(=O)c1cc(NC(C)C)nc(C)n1. The average molecular weight is 342 g/mol. The van der Waals surface area contributed by atoms with Crippen LogP contribution >= 0.6 is 0 Å². The van der Waals surface area contributed by atoms with Crippen LogP contribution in [0.15, 0.2) is 30.3 Å². The molecule has 0 saturated heterocycles.